The number of ether oxygens (including phenoxy) is 1. The highest BCUT2D eigenvalue weighted by molar-refractivity contribution is 7.33. The van der Waals surface area contributed by atoms with Crippen LogP contribution in [0.2, 0.25) is 6.04 Å². The van der Waals surface area contributed by atoms with Gasteiger partial charge in [-0.25, -0.2) is 0 Å². The van der Waals surface area contributed by atoms with E-state index in [0.29, 0.717) is 0 Å². The van der Waals surface area contributed by atoms with Crippen LogP contribution in [0.1, 0.15) is 38.2 Å². The first-order valence-corrected chi connectivity index (χ1v) is 12.5. The maximum atomic E-state index is 9.81. The van der Waals surface area contributed by atoms with Gasteiger partial charge in [-0.2, -0.15) is 0 Å². The van der Waals surface area contributed by atoms with E-state index in [1.165, 1.54) is 12.8 Å². The van der Waals surface area contributed by atoms with Gasteiger partial charge < -0.3 is 9.84 Å². The molecule has 0 amide bonds. The SMILES string of the molecule is CCCCCOc1ccc(-c2ccc(O)cc2CCC[Si](Cl)Cl)cc1. The van der Waals surface area contributed by atoms with E-state index in [9.17, 15) is 5.11 Å². The molecular weight excluding hydrogens is 371 g/mol. The molecule has 0 bridgehead atoms. The molecular formula is C20H25Cl2O2Si. The number of aromatic hydroxyl groups is 1. The normalized spacial score (nSPS) is 11.0. The largest absolute Gasteiger partial charge is 0.508 e. The maximum Gasteiger partial charge on any atom is 0.273 e. The van der Waals surface area contributed by atoms with Gasteiger partial charge in [0.15, 0.2) is 0 Å². The summed E-state index contributed by atoms with van der Waals surface area (Å²) >= 11 is 11.8. The standard InChI is InChI=1S/C20H25Cl2O2Si/c1-2-3-4-13-24-19-10-7-16(8-11-19)20-12-9-18(23)15-17(20)6-5-14-25(21)22/h7-12,15,23H,2-6,13-14H2,1H3. The van der Waals surface area contributed by atoms with Crippen LogP contribution in [0.4, 0.5) is 0 Å². The van der Waals surface area contributed by atoms with Crippen LogP contribution in [0.25, 0.3) is 11.1 Å². The Balaban J connectivity index is 2.06. The summed E-state index contributed by atoms with van der Waals surface area (Å²) in [5, 5.41) is 9.81. The van der Waals surface area contributed by atoms with Crippen molar-refractivity contribution in [2.24, 2.45) is 0 Å². The zero-order valence-corrected chi connectivity index (χ0v) is 17.1. The Kier molecular flexibility index (Phi) is 8.66. The molecule has 1 radical (unpaired) electrons. The fourth-order valence-electron chi connectivity index (χ4n) is 2.75. The van der Waals surface area contributed by atoms with Gasteiger partial charge in [0.1, 0.15) is 11.5 Å². The molecule has 0 heterocycles. The minimum Gasteiger partial charge on any atom is -0.508 e. The first-order chi connectivity index (χ1) is 12.1. The minimum atomic E-state index is -1.24. The van der Waals surface area contributed by atoms with Crippen LogP contribution in [-0.2, 0) is 6.42 Å². The molecule has 135 valence electrons. The molecule has 0 aliphatic heterocycles. The highest BCUT2D eigenvalue weighted by atomic mass is 35.7. The van der Waals surface area contributed by atoms with Gasteiger partial charge in [-0.3, -0.25) is 0 Å². The zero-order chi connectivity index (χ0) is 18.1. The van der Waals surface area contributed by atoms with Gasteiger partial charge in [-0.05, 0) is 66.3 Å². The van der Waals surface area contributed by atoms with Gasteiger partial charge in [0.05, 0.1) is 6.61 Å². The van der Waals surface area contributed by atoms with Gasteiger partial charge in [0.25, 0.3) is 7.42 Å². The number of unbranched alkanes of at least 4 members (excludes halogenated alkanes) is 2. The average Bonchev–Trinajstić information content (AvgIpc) is 2.59. The number of halogens is 2. The van der Waals surface area contributed by atoms with Crippen molar-refractivity contribution in [2.75, 3.05) is 6.61 Å². The van der Waals surface area contributed by atoms with Gasteiger partial charge in [-0.1, -0.05) is 38.0 Å². The van der Waals surface area contributed by atoms with Crippen LogP contribution in [0.5, 0.6) is 11.5 Å². The van der Waals surface area contributed by atoms with Crippen molar-refractivity contribution in [3.05, 3.63) is 48.0 Å². The number of benzene rings is 2. The summed E-state index contributed by atoms with van der Waals surface area (Å²) in [5.41, 5.74) is 3.37. The van der Waals surface area contributed by atoms with E-state index in [1.807, 2.05) is 24.3 Å². The number of aryl methyl sites for hydroxylation is 1. The molecule has 2 rings (SSSR count). The molecule has 1 N–H and O–H groups in total. The molecule has 0 aliphatic rings. The second-order valence-corrected chi connectivity index (χ2v) is 10.6. The van der Waals surface area contributed by atoms with Crippen LogP contribution in [0.3, 0.4) is 0 Å². The molecule has 0 spiro atoms. The van der Waals surface area contributed by atoms with E-state index in [4.69, 9.17) is 26.9 Å². The van der Waals surface area contributed by atoms with Crippen molar-refractivity contribution < 1.29 is 9.84 Å². The fraction of sp³-hybridized carbons (Fsp3) is 0.400. The molecule has 0 fully saturated rings. The van der Waals surface area contributed by atoms with Crippen molar-refractivity contribution in [3.8, 4) is 22.6 Å². The van der Waals surface area contributed by atoms with Gasteiger partial charge in [-0.15, -0.1) is 22.2 Å². The summed E-state index contributed by atoms with van der Waals surface area (Å²) < 4.78 is 5.77. The summed E-state index contributed by atoms with van der Waals surface area (Å²) in [6.45, 7) is 2.95. The Hall–Kier alpha value is -1.16. The van der Waals surface area contributed by atoms with Gasteiger partial charge in [0.2, 0.25) is 0 Å². The maximum absolute atomic E-state index is 9.81. The lowest BCUT2D eigenvalue weighted by Crippen LogP contribution is -1.97. The third kappa shape index (κ3) is 6.93. The number of hydrogen-bond acceptors (Lipinski definition) is 2. The van der Waals surface area contributed by atoms with Crippen molar-refractivity contribution in [2.45, 2.75) is 45.1 Å². The summed E-state index contributed by atoms with van der Waals surface area (Å²) in [6.07, 6.45) is 5.26. The molecule has 0 saturated heterocycles. The molecule has 0 unspecified atom stereocenters. The fourth-order valence-corrected chi connectivity index (χ4v) is 4.00. The van der Waals surface area contributed by atoms with Crippen molar-refractivity contribution >= 4 is 29.6 Å². The Labute approximate surface area is 161 Å². The third-order valence-electron chi connectivity index (χ3n) is 4.08. The van der Waals surface area contributed by atoms with Crippen LogP contribution >= 0.6 is 22.2 Å². The van der Waals surface area contributed by atoms with Gasteiger partial charge in [0, 0.05) is 0 Å². The van der Waals surface area contributed by atoms with Crippen LogP contribution in [0.15, 0.2) is 42.5 Å². The van der Waals surface area contributed by atoms with Crippen molar-refractivity contribution in [3.63, 3.8) is 0 Å². The molecule has 2 aromatic carbocycles. The van der Waals surface area contributed by atoms with Crippen molar-refractivity contribution in [1.29, 1.82) is 0 Å². The van der Waals surface area contributed by atoms with E-state index in [-0.39, 0.29) is 5.75 Å². The molecule has 5 heteroatoms. The monoisotopic (exact) mass is 395 g/mol. The van der Waals surface area contributed by atoms with E-state index >= 15 is 0 Å². The van der Waals surface area contributed by atoms with Crippen molar-refractivity contribution in [1.82, 2.24) is 0 Å². The second-order valence-electron chi connectivity index (χ2n) is 6.11. The average molecular weight is 396 g/mol. The van der Waals surface area contributed by atoms with E-state index in [0.717, 1.165) is 54.4 Å². The first-order valence-electron chi connectivity index (χ1n) is 8.82. The number of rotatable bonds is 10. The molecule has 0 aliphatic carbocycles. The number of hydrogen-bond donors (Lipinski definition) is 1. The number of phenols is 1. The highest BCUT2D eigenvalue weighted by Crippen LogP contribution is 2.30. The lowest BCUT2D eigenvalue weighted by molar-refractivity contribution is 0.306. The molecule has 0 aromatic heterocycles. The van der Waals surface area contributed by atoms with Crippen LogP contribution in [-0.4, -0.2) is 19.1 Å². The zero-order valence-electron chi connectivity index (χ0n) is 14.6. The summed E-state index contributed by atoms with van der Waals surface area (Å²) in [4.78, 5) is 0. The Bertz CT molecular complexity index is 645. The lowest BCUT2D eigenvalue weighted by atomic mass is 9.96. The molecule has 0 atom stereocenters. The predicted octanol–water partition coefficient (Wildman–Crippen LogP) is 6.53. The molecule has 2 aromatic rings. The quantitative estimate of drug-likeness (QED) is 0.281. The predicted molar refractivity (Wildman–Crippen MR) is 109 cm³/mol. The Morgan fingerprint density at radius 2 is 1.76 bits per heavy atom. The Morgan fingerprint density at radius 1 is 1.00 bits per heavy atom. The Morgan fingerprint density at radius 3 is 2.44 bits per heavy atom. The summed E-state index contributed by atoms with van der Waals surface area (Å²) in [7, 11) is -1.24. The van der Waals surface area contributed by atoms with Gasteiger partial charge >= 0.3 is 0 Å². The van der Waals surface area contributed by atoms with E-state index in [1.54, 1.807) is 6.07 Å². The first kappa shape index (κ1) is 20.2. The third-order valence-corrected chi connectivity index (χ3v) is 5.95. The second kappa shape index (κ2) is 10.7. The minimum absolute atomic E-state index is 0.289. The summed E-state index contributed by atoms with van der Waals surface area (Å²) in [6, 6.07) is 14.5. The highest BCUT2D eigenvalue weighted by Gasteiger charge is 2.09. The van der Waals surface area contributed by atoms with E-state index < -0.39 is 7.42 Å². The van der Waals surface area contributed by atoms with Crippen LogP contribution < -0.4 is 4.74 Å². The topological polar surface area (TPSA) is 29.5 Å². The smallest absolute Gasteiger partial charge is 0.273 e. The molecule has 25 heavy (non-hydrogen) atoms. The lowest BCUT2D eigenvalue weighted by Gasteiger charge is -2.12. The molecule has 2 nitrogen and oxygen atoms in total. The number of phenolic OH excluding ortho intramolecular Hbond substituents is 1. The molecule has 0 saturated carbocycles. The van der Waals surface area contributed by atoms with Crippen LogP contribution in [0, 0.1) is 0 Å². The summed E-state index contributed by atoms with van der Waals surface area (Å²) in [5.74, 6) is 1.19. The van der Waals surface area contributed by atoms with E-state index in [2.05, 4.69) is 19.1 Å².